The SMILES string of the molecule is N#Cc1cc(-n2c3ccccc3c3cc(-c4ccccc4-c4ccccc4)ccc32)c(-c2cc(-c3ccccc3)nc(-c3ccccc3)c2)c(-n2c3ccccc3c3cc(-c4ccccc4-c4ccccc4)ccc32)c1. The molecule has 0 aliphatic heterocycles. The van der Waals surface area contributed by atoms with Gasteiger partial charge in [0.15, 0.2) is 0 Å². The number of hydrogen-bond donors (Lipinski definition) is 0. The standard InChI is InChI=1S/C72H46N4/c73-47-48-41-70(75-66-35-19-17-33-60(66)62-43-53(37-39-68(62)75)58-31-15-13-29-56(58)49-21-5-1-6-22-49)72(55-45-64(51-25-9-3-10-26-51)74-65(46-55)52-27-11-4-12-28-52)71(42-48)76-67-36-20-18-34-61(67)63-44-54(38-40-69(63)76)59-32-16-14-30-57(59)50-23-7-2-8-24-50/h1-46H. The average molecular weight is 967 g/mol. The molecule has 0 aliphatic carbocycles. The second-order valence-electron chi connectivity index (χ2n) is 19.4. The van der Waals surface area contributed by atoms with Crippen molar-refractivity contribution in [2.75, 3.05) is 0 Å². The lowest BCUT2D eigenvalue weighted by atomic mass is 9.93. The summed E-state index contributed by atoms with van der Waals surface area (Å²) in [5, 5.41) is 15.8. The molecule has 0 aliphatic rings. The zero-order valence-electron chi connectivity index (χ0n) is 41.3. The highest BCUT2D eigenvalue weighted by Crippen LogP contribution is 2.46. The fourth-order valence-corrected chi connectivity index (χ4v) is 11.5. The first kappa shape index (κ1) is 44.4. The summed E-state index contributed by atoms with van der Waals surface area (Å²) in [6.45, 7) is 0. The molecule has 0 saturated carbocycles. The minimum absolute atomic E-state index is 0.549. The van der Waals surface area contributed by atoms with Crippen molar-refractivity contribution in [1.29, 1.82) is 5.26 Å². The van der Waals surface area contributed by atoms with E-state index in [0.717, 1.165) is 99.8 Å². The lowest BCUT2D eigenvalue weighted by Crippen LogP contribution is -2.05. The molecule has 14 aromatic rings. The van der Waals surface area contributed by atoms with Crippen molar-refractivity contribution in [2.24, 2.45) is 0 Å². The van der Waals surface area contributed by atoms with Crippen LogP contribution in [0.3, 0.4) is 0 Å². The van der Waals surface area contributed by atoms with Crippen molar-refractivity contribution in [3.63, 3.8) is 0 Å². The van der Waals surface area contributed by atoms with Gasteiger partial charge in [-0.15, -0.1) is 0 Å². The van der Waals surface area contributed by atoms with Gasteiger partial charge in [-0.25, -0.2) is 4.98 Å². The maximum absolute atomic E-state index is 11.3. The van der Waals surface area contributed by atoms with Crippen LogP contribution in [0.2, 0.25) is 0 Å². The molecule has 3 heterocycles. The number of fused-ring (bicyclic) bond motifs is 6. The molecule has 76 heavy (non-hydrogen) atoms. The van der Waals surface area contributed by atoms with E-state index in [0.29, 0.717) is 5.56 Å². The van der Waals surface area contributed by atoms with Gasteiger partial charge < -0.3 is 9.13 Å². The molecular weight excluding hydrogens is 921 g/mol. The first-order chi connectivity index (χ1) is 37.7. The van der Waals surface area contributed by atoms with Gasteiger partial charge in [-0.2, -0.15) is 5.26 Å². The fraction of sp³-hybridized carbons (Fsp3) is 0. The summed E-state index contributed by atoms with van der Waals surface area (Å²) in [5.41, 5.74) is 21.5. The van der Waals surface area contributed by atoms with Crippen molar-refractivity contribution >= 4 is 43.6 Å². The summed E-state index contributed by atoms with van der Waals surface area (Å²) in [6.07, 6.45) is 0. The molecule has 0 amide bonds. The number of rotatable bonds is 9. The van der Waals surface area contributed by atoms with Gasteiger partial charge in [-0.1, -0.05) is 218 Å². The topological polar surface area (TPSA) is 46.5 Å². The highest BCUT2D eigenvalue weighted by atomic mass is 15.0. The summed E-state index contributed by atoms with van der Waals surface area (Å²) in [4.78, 5) is 5.39. The van der Waals surface area contributed by atoms with Crippen molar-refractivity contribution in [3.05, 3.63) is 285 Å². The Kier molecular flexibility index (Phi) is 10.9. The molecule has 11 aromatic carbocycles. The number of nitriles is 1. The first-order valence-electron chi connectivity index (χ1n) is 25.8. The van der Waals surface area contributed by atoms with Gasteiger partial charge in [0.1, 0.15) is 0 Å². The zero-order valence-corrected chi connectivity index (χ0v) is 41.3. The van der Waals surface area contributed by atoms with E-state index >= 15 is 0 Å². The van der Waals surface area contributed by atoms with E-state index < -0.39 is 0 Å². The zero-order chi connectivity index (χ0) is 50.5. The van der Waals surface area contributed by atoms with Crippen molar-refractivity contribution in [1.82, 2.24) is 14.1 Å². The highest BCUT2D eigenvalue weighted by molar-refractivity contribution is 6.14. The van der Waals surface area contributed by atoms with Crippen LogP contribution in [-0.4, -0.2) is 14.1 Å². The molecule has 0 bridgehead atoms. The molecule has 3 aromatic heterocycles. The summed E-state index contributed by atoms with van der Waals surface area (Å²) >= 11 is 0. The third kappa shape index (κ3) is 7.57. The molecule has 0 fully saturated rings. The lowest BCUT2D eigenvalue weighted by Gasteiger charge is -2.22. The predicted molar refractivity (Wildman–Crippen MR) is 316 cm³/mol. The molecule has 0 radical (unpaired) electrons. The van der Waals surface area contributed by atoms with Crippen LogP contribution >= 0.6 is 0 Å². The van der Waals surface area contributed by atoms with E-state index in [2.05, 4.69) is 282 Å². The first-order valence-corrected chi connectivity index (χ1v) is 25.8. The smallest absolute Gasteiger partial charge is 0.0993 e. The normalized spacial score (nSPS) is 11.4. The van der Waals surface area contributed by atoms with E-state index in [1.165, 1.54) is 33.4 Å². The number of aromatic nitrogens is 3. The molecule has 4 heteroatoms. The quantitative estimate of drug-likeness (QED) is 0.145. The molecule has 354 valence electrons. The van der Waals surface area contributed by atoms with Crippen LogP contribution in [-0.2, 0) is 0 Å². The summed E-state index contributed by atoms with van der Waals surface area (Å²) in [7, 11) is 0. The molecule has 0 spiro atoms. The van der Waals surface area contributed by atoms with E-state index in [-0.39, 0.29) is 0 Å². The molecule has 0 atom stereocenters. The number of nitrogens with zero attached hydrogens (tertiary/aromatic N) is 4. The second kappa shape index (κ2) is 18.6. The number of para-hydroxylation sites is 2. The van der Waals surface area contributed by atoms with Crippen molar-refractivity contribution < 1.29 is 0 Å². The van der Waals surface area contributed by atoms with E-state index in [1.54, 1.807) is 0 Å². The van der Waals surface area contributed by atoms with Gasteiger partial charge in [-0.3, -0.25) is 0 Å². The van der Waals surface area contributed by atoms with Crippen LogP contribution in [0.4, 0.5) is 0 Å². The summed E-state index contributed by atoms with van der Waals surface area (Å²) in [5.74, 6) is 0. The Balaban J connectivity index is 1.08. The Morgan fingerprint density at radius 2 is 0.618 bits per heavy atom. The van der Waals surface area contributed by atoms with E-state index in [1.807, 2.05) is 12.1 Å². The average Bonchev–Trinajstić information content (AvgIpc) is 4.07. The summed E-state index contributed by atoms with van der Waals surface area (Å²) < 4.78 is 4.77. The largest absolute Gasteiger partial charge is 0.308 e. The Bertz CT molecular complexity index is 4280. The second-order valence-corrected chi connectivity index (χ2v) is 19.4. The lowest BCUT2D eigenvalue weighted by molar-refractivity contribution is 1.13. The Morgan fingerprint density at radius 1 is 0.276 bits per heavy atom. The van der Waals surface area contributed by atoms with Crippen LogP contribution in [0.25, 0.3) is 133 Å². The highest BCUT2D eigenvalue weighted by Gasteiger charge is 2.25. The van der Waals surface area contributed by atoms with Gasteiger partial charge >= 0.3 is 0 Å². The number of hydrogen-bond acceptors (Lipinski definition) is 2. The van der Waals surface area contributed by atoms with Crippen molar-refractivity contribution in [2.45, 2.75) is 0 Å². The number of pyridine rings is 1. The minimum Gasteiger partial charge on any atom is -0.308 e. The van der Waals surface area contributed by atoms with Crippen LogP contribution in [0.15, 0.2) is 279 Å². The Hall–Kier alpha value is -10.3. The van der Waals surface area contributed by atoms with E-state index in [9.17, 15) is 5.26 Å². The van der Waals surface area contributed by atoms with E-state index in [4.69, 9.17) is 4.98 Å². The Morgan fingerprint density at radius 3 is 1.03 bits per heavy atom. The monoisotopic (exact) mass is 966 g/mol. The van der Waals surface area contributed by atoms with Gasteiger partial charge in [0.25, 0.3) is 0 Å². The maximum Gasteiger partial charge on any atom is 0.0993 e. The van der Waals surface area contributed by atoms with Crippen LogP contribution in [0.1, 0.15) is 5.56 Å². The molecule has 0 N–H and O–H groups in total. The van der Waals surface area contributed by atoms with Gasteiger partial charge in [0, 0.05) is 38.2 Å². The molecule has 4 nitrogen and oxygen atoms in total. The van der Waals surface area contributed by atoms with Gasteiger partial charge in [0.2, 0.25) is 0 Å². The third-order valence-electron chi connectivity index (χ3n) is 15.0. The molecule has 0 saturated heterocycles. The Labute approximate surface area is 440 Å². The van der Waals surface area contributed by atoms with Crippen molar-refractivity contribution in [3.8, 4) is 95.6 Å². The third-order valence-corrected chi connectivity index (χ3v) is 15.0. The predicted octanol–water partition coefficient (Wildman–Crippen LogP) is 18.8. The molecule has 0 unspecified atom stereocenters. The maximum atomic E-state index is 11.3. The fourth-order valence-electron chi connectivity index (χ4n) is 11.5. The van der Waals surface area contributed by atoms with Crippen LogP contribution in [0.5, 0.6) is 0 Å². The molecule has 14 rings (SSSR count). The number of benzene rings is 11. The van der Waals surface area contributed by atoms with Crippen LogP contribution in [0, 0.1) is 11.3 Å². The minimum atomic E-state index is 0.549. The summed E-state index contributed by atoms with van der Waals surface area (Å²) in [6, 6.07) is 102. The van der Waals surface area contributed by atoms with Gasteiger partial charge in [0.05, 0.1) is 56.5 Å². The van der Waals surface area contributed by atoms with Gasteiger partial charge in [-0.05, 0) is 111 Å². The molecular formula is C72H46N4. The van der Waals surface area contributed by atoms with Crippen LogP contribution < -0.4 is 0 Å².